The smallest absolute Gasteiger partial charge is 0.240 e. The number of nitrogens with two attached hydrogens (primary N) is 1. The molecule has 2 aromatic rings. The molecule has 2 rings (SSSR count). The lowest BCUT2D eigenvalue weighted by Crippen LogP contribution is -2.23. The zero-order valence-corrected chi connectivity index (χ0v) is 14.1. The van der Waals surface area contributed by atoms with E-state index >= 15 is 0 Å². The van der Waals surface area contributed by atoms with Gasteiger partial charge in [0.2, 0.25) is 10.0 Å². The standard InChI is InChI=1S/C13H15BrN2O2S2/c1-2-9-5-6-19-13(9)8-16-20(17,18)10-3-4-11(14)12(15)7-10/h3-7,16H,2,8,15H2,1H3. The van der Waals surface area contributed by atoms with Crippen molar-refractivity contribution in [2.24, 2.45) is 0 Å². The Morgan fingerprint density at radius 1 is 1.35 bits per heavy atom. The van der Waals surface area contributed by atoms with Crippen molar-refractivity contribution in [3.8, 4) is 0 Å². The largest absolute Gasteiger partial charge is 0.398 e. The molecule has 3 N–H and O–H groups in total. The summed E-state index contributed by atoms with van der Waals surface area (Å²) in [5.41, 5.74) is 7.29. The van der Waals surface area contributed by atoms with E-state index in [1.807, 2.05) is 11.4 Å². The van der Waals surface area contributed by atoms with Crippen LogP contribution in [0.15, 0.2) is 39.0 Å². The Kier molecular flexibility index (Phi) is 4.85. The number of halogens is 1. The van der Waals surface area contributed by atoms with Crippen molar-refractivity contribution in [1.82, 2.24) is 4.72 Å². The van der Waals surface area contributed by atoms with Crippen LogP contribution in [0.5, 0.6) is 0 Å². The van der Waals surface area contributed by atoms with Gasteiger partial charge in [-0.15, -0.1) is 11.3 Å². The van der Waals surface area contributed by atoms with E-state index in [9.17, 15) is 8.42 Å². The molecule has 1 heterocycles. The van der Waals surface area contributed by atoms with Crippen molar-refractivity contribution in [2.45, 2.75) is 24.8 Å². The van der Waals surface area contributed by atoms with Crippen molar-refractivity contribution >= 4 is 43.0 Å². The van der Waals surface area contributed by atoms with Gasteiger partial charge in [-0.3, -0.25) is 0 Å². The quantitative estimate of drug-likeness (QED) is 0.789. The van der Waals surface area contributed by atoms with Gasteiger partial charge < -0.3 is 5.73 Å². The molecule has 0 amide bonds. The monoisotopic (exact) mass is 374 g/mol. The SMILES string of the molecule is CCc1ccsc1CNS(=O)(=O)c1ccc(Br)c(N)c1. The van der Waals surface area contributed by atoms with Crippen LogP contribution < -0.4 is 10.5 Å². The van der Waals surface area contributed by atoms with Crippen LogP contribution in [0, 0.1) is 0 Å². The van der Waals surface area contributed by atoms with E-state index in [2.05, 4.69) is 27.6 Å². The van der Waals surface area contributed by atoms with Crippen LogP contribution in [0.1, 0.15) is 17.4 Å². The lowest BCUT2D eigenvalue weighted by atomic mass is 10.2. The number of anilines is 1. The molecule has 0 unspecified atom stereocenters. The van der Waals surface area contributed by atoms with Crippen LogP contribution in [0.4, 0.5) is 5.69 Å². The van der Waals surface area contributed by atoms with Crippen molar-refractivity contribution in [2.75, 3.05) is 5.73 Å². The zero-order chi connectivity index (χ0) is 14.8. The van der Waals surface area contributed by atoms with Crippen molar-refractivity contribution < 1.29 is 8.42 Å². The molecule has 0 radical (unpaired) electrons. The summed E-state index contributed by atoms with van der Waals surface area (Å²) < 4.78 is 27.7. The third-order valence-corrected chi connectivity index (χ3v) is 6.00. The molecule has 20 heavy (non-hydrogen) atoms. The number of sulfonamides is 1. The third kappa shape index (κ3) is 3.41. The van der Waals surface area contributed by atoms with Gasteiger partial charge in [0.05, 0.1) is 4.90 Å². The summed E-state index contributed by atoms with van der Waals surface area (Å²) in [5, 5.41) is 1.97. The fourth-order valence-electron chi connectivity index (χ4n) is 1.77. The molecule has 1 aromatic carbocycles. The first kappa shape index (κ1) is 15.5. The molecule has 7 heteroatoms. The highest BCUT2D eigenvalue weighted by molar-refractivity contribution is 9.10. The minimum Gasteiger partial charge on any atom is -0.398 e. The van der Waals surface area contributed by atoms with Gasteiger partial charge in [-0.25, -0.2) is 13.1 Å². The fraction of sp³-hybridized carbons (Fsp3) is 0.231. The lowest BCUT2D eigenvalue weighted by molar-refractivity contribution is 0.581. The van der Waals surface area contributed by atoms with E-state index in [1.165, 1.54) is 17.7 Å². The number of nitrogen functional groups attached to an aromatic ring is 1. The number of aryl methyl sites for hydroxylation is 1. The van der Waals surface area contributed by atoms with Crippen LogP contribution in [-0.2, 0) is 23.0 Å². The van der Waals surface area contributed by atoms with Gasteiger partial charge in [-0.1, -0.05) is 6.92 Å². The Morgan fingerprint density at radius 2 is 2.10 bits per heavy atom. The van der Waals surface area contributed by atoms with Gasteiger partial charge in [-0.05, 0) is 57.6 Å². The highest BCUT2D eigenvalue weighted by Gasteiger charge is 2.15. The molecule has 0 bridgehead atoms. The fourth-order valence-corrected chi connectivity index (χ4v) is 4.05. The van der Waals surface area contributed by atoms with Crippen LogP contribution in [0.25, 0.3) is 0 Å². The van der Waals surface area contributed by atoms with E-state index in [0.717, 1.165) is 11.3 Å². The number of benzene rings is 1. The average molecular weight is 375 g/mol. The number of nitrogens with one attached hydrogen (secondary N) is 1. The Bertz CT molecular complexity index is 711. The second-order valence-electron chi connectivity index (χ2n) is 4.23. The van der Waals surface area contributed by atoms with Gasteiger partial charge in [0, 0.05) is 21.6 Å². The molecule has 0 aliphatic heterocycles. The maximum atomic E-state index is 12.2. The van der Waals surface area contributed by atoms with Crippen molar-refractivity contribution in [1.29, 1.82) is 0 Å². The summed E-state index contributed by atoms with van der Waals surface area (Å²) >= 11 is 4.80. The molecular weight excluding hydrogens is 360 g/mol. The Morgan fingerprint density at radius 3 is 2.75 bits per heavy atom. The second-order valence-corrected chi connectivity index (χ2v) is 7.85. The topological polar surface area (TPSA) is 72.2 Å². The summed E-state index contributed by atoms with van der Waals surface area (Å²) in [5.74, 6) is 0. The molecule has 0 fully saturated rings. The summed E-state index contributed by atoms with van der Waals surface area (Å²) in [7, 11) is -3.54. The van der Waals surface area contributed by atoms with E-state index in [1.54, 1.807) is 17.4 Å². The minimum absolute atomic E-state index is 0.174. The van der Waals surface area contributed by atoms with Crippen LogP contribution in [0.2, 0.25) is 0 Å². The van der Waals surface area contributed by atoms with E-state index in [0.29, 0.717) is 16.7 Å². The van der Waals surface area contributed by atoms with Crippen molar-refractivity contribution in [3.05, 3.63) is 44.6 Å². The third-order valence-electron chi connectivity index (χ3n) is 2.92. The molecular formula is C13H15BrN2O2S2. The van der Waals surface area contributed by atoms with Crippen LogP contribution >= 0.6 is 27.3 Å². The minimum atomic E-state index is -3.54. The second kappa shape index (κ2) is 6.26. The number of hydrogen-bond donors (Lipinski definition) is 2. The zero-order valence-electron chi connectivity index (χ0n) is 10.9. The molecule has 0 aliphatic rings. The molecule has 0 aliphatic carbocycles. The van der Waals surface area contributed by atoms with Gasteiger partial charge in [0.25, 0.3) is 0 Å². The van der Waals surface area contributed by atoms with E-state index in [4.69, 9.17) is 5.73 Å². The molecule has 0 spiro atoms. The summed E-state index contributed by atoms with van der Waals surface area (Å²) in [6, 6.07) is 6.62. The molecule has 0 saturated carbocycles. The molecule has 1 aromatic heterocycles. The number of hydrogen-bond acceptors (Lipinski definition) is 4. The highest BCUT2D eigenvalue weighted by Crippen LogP contribution is 2.23. The van der Waals surface area contributed by atoms with Crippen LogP contribution in [0.3, 0.4) is 0 Å². The van der Waals surface area contributed by atoms with Crippen LogP contribution in [-0.4, -0.2) is 8.42 Å². The first-order valence-corrected chi connectivity index (χ1v) is 9.19. The van der Waals surface area contributed by atoms with Gasteiger partial charge in [-0.2, -0.15) is 0 Å². The van der Waals surface area contributed by atoms with Crippen molar-refractivity contribution in [3.63, 3.8) is 0 Å². The van der Waals surface area contributed by atoms with Gasteiger partial charge >= 0.3 is 0 Å². The van der Waals surface area contributed by atoms with E-state index < -0.39 is 10.0 Å². The molecule has 108 valence electrons. The maximum Gasteiger partial charge on any atom is 0.240 e. The Hall–Kier alpha value is -0.890. The summed E-state index contributed by atoms with van der Waals surface area (Å²) in [4.78, 5) is 1.22. The predicted molar refractivity (Wildman–Crippen MR) is 86.3 cm³/mol. The first-order valence-electron chi connectivity index (χ1n) is 6.04. The Balaban J connectivity index is 2.17. The summed E-state index contributed by atoms with van der Waals surface area (Å²) in [6.45, 7) is 2.36. The van der Waals surface area contributed by atoms with Gasteiger partial charge in [0.1, 0.15) is 0 Å². The normalized spacial score (nSPS) is 11.7. The molecule has 4 nitrogen and oxygen atoms in total. The summed E-state index contributed by atoms with van der Waals surface area (Å²) in [6.07, 6.45) is 0.895. The number of rotatable bonds is 5. The first-order chi connectivity index (χ1) is 9.44. The van der Waals surface area contributed by atoms with E-state index in [-0.39, 0.29) is 4.90 Å². The average Bonchev–Trinajstić information content (AvgIpc) is 2.87. The Labute approximate surface area is 131 Å². The highest BCUT2D eigenvalue weighted by atomic mass is 79.9. The molecule has 0 saturated heterocycles. The maximum absolute atomic E-state index is 12.2. The number of thiophene rings is 1. The molecule has 0 atom stereocenters. The lowest BCUT2D eigenvalue weighted by Gasteiger charge is -2.08. The predicted octanol–water partition coefficient (Wildman–Crippen LogP) is 3.13. The van der Waals surface area contributed by atoms with Gasteiger partial charge in [0.15, 0.2) is 0 Å².